The van der Waals surface area contributed by atoms with Gasteiger partial charge in [0.15, 0.2) is 5.78 Å². The molecule has 1 aromatic rings. The second-order valence-electron chi connectivity index (χ2n) is 7.12. The summed E-state index contributed by atoms with van der Waals surface area (Å²) >= 11 is 1.80. The molecule has 0 atom stereocenters. The molecule has 25 heavy (non-hydrogen) atoms. The number of ketones is 1. The molecular weight excluding hydrogens is 334 g/mol. The molecule has 0 aliphatic rings. The number of thioether (sulfide) groups is 1. The Morgan fingerprint density at radius 1 is 1.20 bits per heavy atom. The van der Waals surface area contributed by atoms with E-state index in [9.17, 15) is 9.59 Å². The number of alkyl carbamates (subject to hydrolysis) is 1. The molecule has 0 aromatic heterocycles. The third kappa shape index (κ3) is 8.96. The van der Waals surface area contributed by atoms with E-state index in [-0.39, 0.29) is 18.7 Å². The molecule has 0 saturated heterocycles. The lowest BCUT2D eigenvalue weighted by Crippen LogP contribution is -2.33. The predicted molar refractivity (Wildman–Crippen MR) is 104 cm³/mol. The van der Waals surface area contributed by atoms with E-state index in [1.165, 1.54) is 12.8 Å². The zero-order chi connectivity index (χ0) is 18.9. The van der Waals surface area contributed by atoms with Crippen molar-refractivity contribution in [3.63, 3.8) is 0 Å². The lowest BCUT2D eigenvalue weighted by molar-refractivity contribution is 0.0527. The second-order valence-corrected chi connectivity index (χ2v) is 8.22. The largest absolute Gasteiger partial charge is 0.444 e. The summed E-state index contributed by atoms with van der Waals surface area (Å²) in [6.07, 6.45) is 2.13. The number of nitrogens with one attached hydrogen (secondary N) is 1. The van der Waals surface area contributed by atoms with Gasteiger partial charge in [-0.3, -0.25) is 4.79 Å². The standard InChI is InChI=1S/C20H31NO3S/c1-6-15(7-2)14-25-17-10-8-9-16(13-17)18(22)11-12-21-19(23)24-20(3,4)5/h8-10,13,15H,6-7,11-12,14H2,1-5H3,(H,21,23). The number of amides is 1. The first kappa shape index (κ1) is 21.6. The molecule has 0 heterocycles. The van der Waals surface area contributed by atoms with Crippen LogP contribution in [0, 0.1) is 5.92 Å². The molecule has 0 saturated carbocycles. The molecular formula is C20H31NO3S. The maximum Gasteiger partial charge on any atom is 0.407 e. The van der Waals surface area contributed by atoms with Crippen molar-refractivity contribution in [3.05, 3.63) is 29.8 Å². The summed E-state index contributed by atoms with van der Waals surface area (Å²) in [4.78, 5) is 25.0. The Morgan fingerprint density at radius 3 is 2.48 bits per heavy atom. The van der Waals surface area contributed by atoms with E-state index in [1.54, 1.807) is 11.8 Å². The minimum absolute atomic E-state index is 0.0287. The van der Waals surface area contributed by atoms with Gasteiger partial charge in [-0.2, -0.15) is 0 Å². The Morgan fingerprint density at radius 2 is 1.88 bits per heavy atom. The number of carbonyl (C=O) groups is 2. The van der Waals surface area contributed by atoms with Crippen molar-refractivity contribution < 1.29 is 14.3 Å². The maximum atomic E-state index is 12.3. The molecule has 0 spiro atoms. The fourth-order valence-corrected chi connectivity index (χ4v) is 3.52. The number of benzene rings is 1. The SMILES string of the molecule is CCC(CC)CSc1cccc(C(=O)CCNC(=O)OC(C)(C)C)c1. The molecule has 4 nitrogen and oxygen atoms in total. The van der Waals surface area contributed by atoms with Crippen LogP contribution < -0.4 is 5.32 Å². The summed E-state index contributed by atoms with van der Waals surface area (Å²) < 4.78 is 5.16. The van der Waals surface area contributed by atoms with E-state index in [2.05, 4.69) is 19.2 Å². The number of Topliss-reactive ketones (excluding diaryl/α,β-unsaturated/α-hetero) is 1. The number of rotatable bonds is 9. The first-order valence-corrected chi connectivity index (χ1v) is 9.96. The molecule has 1 aromatic carbocycles. The van der Waals surface area contributed by atoms with E-state index in [0.29, 0.717) is 11.5 Å². The number of hydrogen-bond donors (Lipinski definition) is 1. The third-order valence-electron chi connectivity index (χ3n) is 3.82. The molecule has 0 unspecified atom stereocenters. The summed E-state index contributed by atoms with van der Waals surface area (Å²) in [6, 6.07) is 7.74. The van der Waals surface area contributed by atoms with Crippen LogP contribution >= 0.6 is 11.8 Å². The number of hydrogen-bond acceptors (Lipinski definition) is 4. The minimum Gasteiger partial charge on any atom is -0.444 e. The van der Waals surface area contributed by atoms with Crippen LogP contribution in [0.3, 0.4) is 0 Å². The third-order valence-corrected chi connectivity index (χ3v) is 5.04. The van der Waals surface area contributed by atoms with Crippen molar-refractivity contribution in [1.82, 2.24) is 5.32 Å². The summed E-state index contributed by atoms with van der Waals surface area (Å²) in [5.74, 6) is 1.81. The average Bonchev–Trinajstić information content (AvgIpc) is 2.54. The average molecular weight is 366 g/mol. The van der Waals surface area contributed by atoms with Gasteiger partial charge in [0, 0.05) is 29.2 Å². The van der Waals surface area contributed by atoms with Gasteiger partial charge >= 0.3 is 6.09 Å². The first-order valence-electron chi connectivity index (χ1n) is 8.98. The van der Waals surface area contributed by atoms with Crippen LogP contribution in [0.1, 0.15) is 64.2 Å². The van der Waals surface area contributed by atoms with Crippen molar-refractivity contribution >= 4 is 23.6 Å². The Balaban J connectivity index is 2.48. The maximum absolute atomic E-state index is 12.3. The first-order chi connectivity index (χ1) is 11.7. The fraction of sp³-hybridized carbons (Fsp3) is 0.600. The Hall–Kier alpha value is -1.49. The topological polar surface area (TPSA) is 55.4 Å². The van der Waals surface area contributed by atoms with E-state index in [0.717, 1.165) is 10.6 Å². The smallest absolute Gasteiger partial charge is 0.407 e. The van der Waals surface area contributed by atoms with Crippen molar-refractivity contribution in [2.24, 2.45) is 5.92 Å². The molecule has 1 amide bonds. The van der Waals surface area contributed by atoms with Gasteiger partial charge in [-0.05, 0) is 38.8 Å². The normalized spacial score (nSPS) is 11.4. The lowest BCUT2D eigenvalue weighted by atomic mass is 10.1. The number of ether oxygens (including phenoxy) is 1. The Kier molecular flexibility index (Phi) is 9.04. The molecule has 0 aliphatic heterocycles. The molecule has 0 fully saturated rings. The van der Waals surface area contributed by atoms with E-state index in [4.69, 9.17) is 4.74 Å². The summed E-state index contributed by atoms with van der Waals surface area (Å²) in [6.45, 7) is 10.1. The summed E-state index contributed by atoms with van der Waals surface area (Å²) in [5, 5.41) is 2.62. The lowest BCUT2D eigenvalue weighted by Gasteiger charge is -2.19. The van der Waals surface area contributed by atoms with E-state index < -0.39 is 11.7 Å². The Labute approximate surface area is 156 Å². The van der Waals surface area contributed by atoms with Gasteiger partial charge in [0.1, 0.15) is 5.60 Å². The van der Waals surface area contributed by atoms with Crippen LogP contribution in [0.4, 0.5) is 4.79 Å². The van der Waals surface area contributed by atoms with Crippen LogP contribution in [0.5, 0.6) is 0 Å². The molecule has 1 N–H and O–H groups in total. The van der Waals surface area contributed by atoms with Crippen molar-refractivity contribution in [1.29, 1.82) is 0 Å². The van der Waals surface area contributed by atoms with Gasteiger partial charge < -0.3 is 10.1 Å². The Bertz CT molecular complexity index is 562. The van der Waals surface area contributed by atoms with Gasteiger partial charge in [0.2, 0.25) is 0 Å². The molecule has 0 aliphatic carbocycles. The summed E-state index contributed by atoms with van der Waals surface area (Å²) in [7, 11) is 0. The summed E-state index contributed by atoms with van der Waals surface area (Å²) in [5.41, 5.74) is 0.162. The molecule has 5 heteroatoms. The van der Waals surface area contributed by atoms with E-state index >= 15 is 0 Å². The quantitative estimate of drug-likeness (QED) is 0.476. The van der Waals surface area contributed by atoms with Crippen molar-refractivity contribution in [2.45, 2.75) is 64.4 Å². The zero-order valence-corrected chi connectivity index (χ0v) is 16.9. The number of carbonyl (C=O) groups excluding carboxylic acids is 2. The highest BCUT2D eigenvalue weighted by atomic mass is 32.2. The monoisotopic (exact) mass is 365 g/mol. The van der Waals surface area contributed by atoms with E-state index in [1.807, 2.05) is 45.0 Å². The van der Waals surface area contributed by atoms with Crippen LogP contribution in [-0.4, -0.2) is 29.8 Å². The van der Waals surface area contributed by atoms with Gasteiger partial charge in [-0.15, -0.1) is 11.8 Å². The minimum atomic E-state index is -0.533. The molecule has 1 rings (SSSR count). The van der Waals surface area contributed by atoms with Crippen LogP contribution in [0.25, 0.3) is 0 Å². The highest BCUT2D eigenvalue weighted by molar-refractivity contribution is 7.99. The molecule has 0 bridgehead atoms. The van der Waals surface area contributed by atoms with Gasteiger partial charge in [0.05, 0.1) is 0 Å². The van der Waals surface area contributed by atoms with Crippen molar-refractivity contribution in [2.75, 3.05) is 12.3 Å². The second kappa shape index (κ2) is 10.5. The highest BCUT2D eigenvalue weighted by Gasteiger charge is 2.16. The van der Waals surface area contributed by atoms with Crippen LogP contribution in [-0.2, 0) is 4.74 Å². The van der Waals surface area contributed by atoms with Gasteiger partial charge in [-0.1, -0.05) is 38.8 Å². The highest BCUT2D eigenvalue weighted by Crippen LogP contribution is 2.24. The predicted octanol–water partition coefficient (Wildman–Crippen LogP) is 5.31. The van der Waals surface area contributed by atoms with Gasteiger partial charge in [-0.25, -0.2) is 4.79 Å². The van der Waals surface area contributed by atoms with Crippen LogP contribution in [0.15, 0.2) is 29.2 Å². The zero-order valence-electron chi connectivity index (χ0n) is 16.1. The van der Waals surface area contributed by atoms with Crippen LogP contribution in [0.2, 0.25) is 0 Å². The molecule has 0 radical (unpaired) electrons. The van der Waals surface area contributed by atoms with Crippen molar-refractivity contribution in [3.8, 4) is 0 Å². The molecule has 140 valence electrons. The van der Waals surface area contributed by atoms with Gasteiger partial charge in [0.25, 0.3) is 0 Å². The fourth-order valence-electron chi connectivity index (χ4n) is 2.23.